The minimum absolute atomic E-state index is 0.599. The molecule has 0 aromatic heterocycles. The van der Waals surface area contributed by atoms with Gasteiger partial charge in [0.15, 0.2) is 0 Å². The van der Waals surface area contributed by atoms with Gasteiger partial charge in [-0.05, 0) is 12.1 Å². The summed E-state index contributed by atoms with van der Waals surface area (Å²) in [4.78, 5) is 11.6. The normalized spacial score (nSPS) is 10.6. The number of thioether (sulfide) groups is 1. The second-order valence-electron chi connectivity index (χ2n) is 3.75. The Kier molecular flexibility index (Phi) is 9.36. The largest absolute Gasteiger partial charge is 0.382 e. The van der Waals surface area contributed by atoms with Crippen LogP contribution in [0.4, 0.5) is 0 Å². The van der Waals surface area contributed by atoms with E-state index >= 15 is 0 Å². The molecule has 0 fully saturated rings. The van der Waals surface area contributed by atoms with Gasteiger partial charge in [0.2, 0.25) is 0 Å². The van der Waals surface area contributed by atoms with Crippen LogP contribution >= 0.6 is 11.8 Å². The van der Waals surface area contributed by atoms with Gasteiger partial charge in [-0.3, -0.25) is 4.79 Å². The quantitative estimate of drug-likeness (QED) is 0.354. The van der Waals surface area contributed by atoms with Gasteiger partial charge in [0.1, 0.15) is 6.29 Å². The molecule has 0 saturated heterocycles. The van der Waals surface area contributed by atoms with Crippen molar-refractivity contribution in [3.8, 4) is 0 Å². The third kappa shape index (κ3) is 8.00. The van der Waals surface area contributed by atoms with Crippen LogP contribution in [-0.4, -0.2) is 52.2 Å². The lowest BCUT2D eigenvalue weighted by Crippen LogP contribution is -2.09. The summed E-state index contributed by atoms with van der Waals surface area (Å²) < 4.78 is 15.6. The highest BCUT2D eigenvalue weighted by Gasteiger charge is 1.95. The number of methoxy groups -OCH3 is 1. The summed E-state index contributed by atoms with van der Waals surface area (Å²) in [7, 11) is 1.65. The highest BCUT2D eigenvalue weighted by molar-refractivity contribution is 7.99. The van der Waals surface area contributed by atoms with Gasteiger partial charge in [0.05, 0.1) is 33.0 Å². The van der Waals surface area contributed by atoms with Crippen LogP contribution < -0.4 is 0 Å². The Labute approximate surface area is 118 Å². The fraction of sp³-hybridized carbons (Fsp3) is 0.500. The van der Waals surface area contributed by atoms with Gasteiger partial charge in [-0.2, -0.15) is 0 Å². The van der Waals surface area contributed by atoms with Gasteiger partial charge in [0.25, 0.3) is 0 Å². The molecule has 0 unspecified atom stereocenters. The summed E-state index contributed by atoms with van der Waals surface area (Å²) in [5.74, 6) is 0.887. The van der Waals surface area contributed by atoms with E-state index in [2.05, 4.69) is 0 Å². The van der Waals surface area contributed by atoms with E-state index in [4.69, 9.17) is 14.2 Å². The monoisotopic (exact) mass is 284 g/mol. The molecule has 0 amide bonds. The van der Waals surface area contributed by atoms with E-state index in [-0.39, 0.29) is 0 Å². The number of benzene rings is 1. The lowest BCUT2D eigenvalue weighted by Gasteiger charge is -2.05. The third-order valence-electron chi connectivity index (χ3n) is 2.32. The molecule has 0 heterocycles. The van der Waals surface area contributed by atoms with Crippen molar-refractivity contribution in [3.05, 3.63) is 29.8 Å². The van der Waals surface area contributed by atoms with E-state index in [0.29, 0.717) is 38.6 Å². The second kappa shape index (κ2) is 11.0. The lowest BCUT2D eigenvalue weighted by atomic mass is 10.2. The van der Waals surface area contributed by atoms with Crippen LogP contribution in [0.15, 0.2) is 29.2 Å². The fourth-order valence-corrected chi connectivity index (χ4v) is 2.09. The summed E-state index contributed by atoms with van der Waals surface area (Å²) in [5.41, 5.74) is 0.703. The molecular formula is C14H20O4S. The van der Waals surface area contributed by atoms with Gasteiger partial charge in [0, 0.05) is 23.3 Å². The molecule has 0 bridgehead atoms. The van der Waals surface area contributed by atoms with Crippen LogP contribution in [0.1, 0.15) is 10.4 Å². The number of ether oxygens (including phenoxy) is 3. The molecule has 0 saturated carbocycles. The van der Waals surface area contributed by atoms with E-state index in [1.165, 1.54) is 0 Å². The number of hydrogen-bond acceptors (Lipinski definition) is 5. The molecule has 0 aliphatic heterocycles. The van der Waals surface area contributed by atoms with Crippen molar-refractivity contribution < 1.29 is 19.0 Å². The first-order valence-corrected chi connectivity index (χ1v) is 7.18. The zero-order valence-corrected chi connectivity index (χ0v) is 12.0. The Bertz CT molecular complexity index is 340. The van der Waals surface area contributed by atoms with Gasteiger partial charge >= 0.3 is 0 Å². The standard InChI is InChI=1S/C14H20O4S/c1-16-6-7-17-8-9-18-10-11-19-14-4-2-13(12-15)3-5-14/h2-5,12H,6-11H2,1H3. The smallest absolute Gasteiger partial charge is 0.150 e. The Balaban J connectivity index is 1.96. The molecule has 106 valence electrons. The van der Waals surface area contributed by atoms with Gasteiger partial charge < -0.3 is 14.2 Å². The number of rotatable bonds is 11. The molecule has 0 aliphatic carbocycles. The lowest BCUT2D eigenvalue weighted by molar-refractivity contribution is 0.0286. The predicted octanol–water partition coefficient (Wildman–Crippen LogP) is 2.27. The molecular weight excluding hydrogens is 264 g/mol. The molecule has 0 N–H and O–H groups in total. The highest BCUT2D eigenvalue weighted by atomic mass is 32.2. The van der Waals surface area contributed by atoms with E-state index in [0.717, 1.165) is 16.9 Å². The maximum absolute atomic E-state index is 10.5. The molecule has 0 aliphatic rings. The van der Waals surface area contributed by atoms with Gasteiger partial charge in [-0.1, -0.05) is 12.1 Å². The first-order valence-electron chi connectivity index (χ1n) is 6.19. The number of hydrogen-bond donors (Lipinski definition) is 0. The minimum atomic E-state index is 0.599. The topological polar surface area (TPSA) is 44.8 Å². The Morgan fingerprint density at radius 2 is 1.63 bits per heavy atom. The first-order chi connectivity index (χ1) is 9.36. The van der Waals surface area contributed by atoms with Crippen molar-refractivity contribution in [1.82, 2.24) is 0 Å². The molecule has 1 rings (SSSR count). The number of aldehydes is 1. The average molecular weight is 284 g/mol. The van der Waals surface area contributed by atoms with Crippen LogP contribution in [0.3, 0.4) is 0 Å². The SMILES string of the molecule is COCCOCCOCCSc1ccc(C=O)cc1. The molecule has 0 atom stereocenters. The van der Waals surface area contributed by atoms with Crippen molar-refractivity contribution in [2.45, 2.75) is 4.90 Å². The van der Waals surface area contributed by atoms with Crippen molar-refractivity contribution in [2.24, 2.45) is 0 Å². The Morgan fingerprint density at radius 1 is 1.00 bits per heavy atom. The number of carbonyl (C=O) groups excluding carboxylic acids is 1. The maximum atomic E-state index is 10.5. The number of carbonyl (C=O) groups is 1. The van der Waals surface area contributed by atoms with Crippen LogP contribution in [0.2, 0.25) is 0 Å². The molecule has 5 heteroatoms. The Hall–Kier alpha value is -0.880. The molecule has 0 spiro atoms. The predicted molar refractivity (Wildman–Crippen MR) is 76.1 cm³/mol. The van der Waals surface area contributed by atoms with E-state index in [1.807, 2.05) is 24.3 Å². The van der Waals surface area contributed by atoms with E-state index in [9.17, 15) is 4.79 Å². The summed E-state index contributed by atoms with van der Waals surface area (Å²) in [6.07, 6.45) is 0.848. The van der Waals surface area contributed by atoms with Crippen LogP contribution in [0.5, 0.6) is 0 Å². The van der Waals surface area contributed by atoms with Crippen LogP contribution in [-0.2, 0) is 14.2 Å². The van der Waals surface area contributed by atoms with Crippen LogP contribution in [0.25, 0.3) is 0 Å². The minimum Gasteiger partial charge on any atom is -0.382 e. The van der Waals surface area contributed by atoms with Gasteiger partial charge in [-0.25, -0.2) is 0 Å². The van der Waals surface area contributed by atoms with Crippen molar-refractivity contribution >= 4 is 18.0 Å². The molecule has 19 heavy (non-hydrogen) atoms. The molecule has 1 aromatic rings. The second-order valence-corrected chi connectivity index (χ2v) is 4.92. The van der Waals surface area contributed by atoms with Crippen molar-refractivity contribution in [2.75, 3.05) is 45.9 Å². The van der Waals surface area contributed by atoms with E-state index in [1.54, 1.807) is 18.9 Å². The molecule has 1 aromatic carbocycles. The highest BCUT2D eigenvalue weighted by Crippen LogP contribution is 2.17. The molecule has 4 nitrogen and oxygen atoms in total. The zero-order valence-electron chi connectivity index (χ0n) is 11.2. The summed E-state index contributed by atoms with van der Waals surface area (Å²) >= 11 is 1.71. The fourth-order valence-electron chi connectivity index (χ4n) is 1.33. The van der Waals surface area contributed by atoms with Gasteiger partial charge in [-0.15, -0.1) is 11.8 Å². The van der Waals surface area contributed by atoms with Crippen molar-refractivity contribution in [3.63, 3.8) is 0 Å². The van der Waals surface area contributed by atoms with Crippen LogP contribution in [0, 0.1) is 0 Å². The summed E-state index contributed by atoms with van der Waals surface area (Å²) in [6.45, 7) is 3.12. The molecule has 0 radical (unpaired) electrons. The Morgan fingerprint density at radius 3 is 2.26 bits per heavy atom. The average Bonchev–Trinajstić information content (AvgIpc) is 2.46. The summed E-state index contributed by atoms with van der Waals surface area (Å²) in [5, 5.41) is 0. The van der Waals surface area contributed by atoms with E-state index < -0.39 is 0 Å². The maximum Gasteiger partial charge on any atom is 0.150 e. The first kappa shape index (κ1) is 16.2. The zero-order chi connectivity index (χ0) is 13.8. The third-order valence-corrected chi connectivity index (χ3v) is 3.29. The summed E-state index contributed by atoms with van der Waals surface area (Å²) in [6, 6.07) is 7.53. The van der Waals surface area contributed by atoms with Crippen molar-refractivity contribution in [1.29, 1.82) is 0 Å².